The van der Waals surface area contributed by atoms with E-state index in [9.17, 15) is 14.7 Å². The standard InChI is InChI=1S/C17H19N3O4S/c1-24-11-8-6-10(7-9-11)15-19-20-17(25-15)18-14(21)12-4-2-3-5-13(12)16(22)23/h6-9,12-13H,2-5H2,1H3,(H,22,23)(H,18,20,21)/t12-,13+/m0/s1. The lowest BCUT2D eigenvalue weighted by Gasteiger charge is -2.26. The van der Waals surface area contributed by atoms with Gasteiger partial charge < -0.3 is 15.2 Å². The number of nitrogens with zero attached hydrogens (tertiary/aromatic N) is 2. The Kier molecular flexibility index (Phi) is 5.28. The third kappa shape index (κ3) is 3.96. The summed E-state index contributed by atoms with van der Waals surface area (Å²) in [5.74, 6) is -1.58. The minimum Gasteiger partial charge on any atom is -0.497 e. The van der Waals surface area contributed by atoms with Crippen LogP contribution in [0.1, 0.15) is 25.7 Å². The van der Waals surface area contributed by atoms with Gasteiger partial charge in [-0.1, -0.05) is 24.2 Å². The van der Waals surface area contributed by atoms with E-state index >= 15 is 0 Å². The molecule has 0 spiro atoms. The van der Waals surface area contributed by atoms with Crippen LogP contribution in [0.2, 0.25) is 0 Å². The maximum atomic E-state index is 12.5. The Labute approximate surface area is 149 Å². The fraction of sp³-hybridized carbons (Fsp3) is 0.412. The zero-order valence-corrected chi connectivity index (χ0v) is 14.6. The topological polar surface area (TPSA) is 101 Å². The number of carbonyl (C=O) groups excluding carboxylic acids is 1. The molecule has 1 aliphatic carbocycles. The molecule has 1 aromatic carbocycles. The van der Waals surface area contributed by atoms with E-state index in [0.29, 0.717) is 23.0 Å². The Morgan fingerprint density at radius 3 is 2.48 bits per heavy atom. The highest BCUT2D eigenvalue weighted by Crippen LogP contribution is 2.32. The van der Waals surface area contributed by atoms with Gasteiger partial charge in [0.05, 0.1) is 18.9 Å². The summed E-state index contributed by atoms with van der Waals surface area (Å²) in [6.45, 7) is 0. The Morgan fingerprint density at radius 1 is 1.16 bits per heavy atom. The molecular formula is C17H19N3O4S. The van der Waals surface area contributed by atoms with Crippen molar-refractivity contribution in [3.8, 4) is 16.3 Å². The van der Waals surface area contributed by atoms with Crippen LogP contribution in [0.5, 0.6) is 5.75 Å². The molecule has 0 radical (unpaired) electrons. The van der Waals surface area contributed by atoms with Gasteiger partial charge in [0.25, 0.3) is 0 Å². The number of methoxy groups -OCH3 is 1. The second-order valence-electron chi connectivity index (χ2n) is 5.97. The summed E-state index contributed by atoms with van der Waals surface area (Å²) in [5.41, 5.74) is 0.875. The van der Waals surface area contributed by atoms with Crippen molar-refractivity contribution >= 4 is 28.3 Å². The van der Waals surface area contributed by atoms with Crippen molar-refractivity contribution < 1.29 is 19.4 Å². The summed E-state index contributed by atoms with van der Waals surface area (Å²) in [7, 11) is 1.60. The molecule has 1 aliphatic rings. The number of hydrogen-bond donors (Lipinski definition) is 2. The molecule has 1 heterocycles. The molecule has 1 amide bonds. The molecule has 132 valence electrons. The molecule has 2 aromatic rings. The average molecular weight is 361 g/mol. The van der Waals surface area contributed by atoms with Crippen LogP contribution in [0.3, 0.4) is 0 Å². The number of aromatic nitrogens is 2. The molecule has 1 fully saturated rings. The first-order valence-corrected chi connectivity index (χ1v) is 8.91. The van der Waals surface area contributed by atoms with Gasteiger partial charge in [-0.05, 0) is 37.1 Å². The smallest absolute Gasteiger partial charge is 0.307 e. The zero-order chi connectivity index (χ0) is 17.8. The summed E-state index contributed by atoms with van der Waals surface area (Å²) in [6, 6.07) is 7.39. The molecule has 0 unspecified atom stereocenters. The first-order valence-electron chi connectivity index (χ1n) is 8.10. The van der Waals surface area contributed by atoms with Gasteiger partial charge in [-0.15, -0.1) is 10.2 Å². The maximum absolute atomic E-state index is 12.5. The summed E-state index contributed by atoms with van der Waals surface area (Å²) < 4.78 is 5.12. The molecule has 25 heavy (non-hydrogen) atoms. The molecule has 0 aliphatic heterocycles. The van der Waals surface area contributed by atoms with Crippen molar-refractivity contribution in [2.45, 2.75) is 25.7 Å². The highest BCUT2D eigenvalue weighted by atomic mass is 32.1. The average Bonchev–Trinajstić information content (AvgIpc) is 3.10. The fourth-order valence-electron chi connectivity index (χ4n) is 3.06. The number of amides is 1. The third-order valence-corrected chi connectivity index (χ3v) is 5.30. The van der Waals surface area contributed by atoms with Crippen molar-refractivity contribution in [2.24, 2.45) is 11.8 Å². The van der Waals surface area contributed by atoms with Crippen molar-refractivity contribution in [1.29, 1.82) is 0 Å². The molecular weight excluding hydrogens is 342 g/mol. The van der Waals surface area contributed by atoms with E-state index in [1.807, 2.05) is 24.3 Å². The van der Waals surface area contributed by atoms with Crippen LogP contribution >= 0.6 is 11.3 Å². The van der Waals surface area contributed by atoms with Gasteiger partial charge in [-0.25, -0.2) is 0 Å². The van der Waals surface area contributed by atoms with Crippen LogP contribution in [-0.2, 0) is 9.59 Å². The lowest BCUT2D eigenvalue weighted by Crippen LogP contribution is -2.36. The van der Waals surface area contributed by atoms with Crippen LogP contribution in [0.25, 0.3) is 10.6 Å². The van der Waals surface area contributed by atoms with Gasteiger partial charge in [-0.3, -0.25) is 9.59 Å². The lowest BCUT2D eigenvalue weighted by atomic mass is 9.79. The van der Waals surface area contributed by atoms with Crippen molar-refractivity contribution in [3.63, 3.8) is 0 Å². The Hall–Kier alpha value is -2.48. The lowest BCUT2D eigenvalue weighted by molar-refractivity contribution is -0.147. The highest BCUT2D eigenvalue weighted by molar-refractivity contribution is 7.18. The van der Waals surface area contributed by atoms with Gasteiger partial charge in [0.15, 0.2) is 0 Å². The van der Waals surface area contributed by atoms with Crippen LogP contribution in [0, 0.1) is 11.8 Å². The van der Waals surface area contributed by atoms with E-state index in [1.165, 1.54) is 11.3 Å². The molecule has 3 rings (SSSR count). The molecule has 8 heteroatoms. The van der Waals surface area contributed by atoms with Gasteiger partial charge in [0.1, 0.15) is 10.8 Å². The molecule has 1 saturated carbocycles. The second-order valence-corrected chi connectivity index (χ2v) is 6.94. The normalized spacial score (nSPS) is 20.0. The molecule has 1 aromatic heterocycles. The number of benzene rings is 1. The number of carboxylic acids is 1. The predicted molar refractivity (Wildman–Crippen MR) is 93.6 cm³/mol. The molecule has 2 atom stereocenters. The number of hydrogen-bond acceptors (Lipinski definition) is 6. The monoisotopic (exact) mass is 361 g/mol. The van der Waals surface area contributed by atoms with Crippen molar-refractivity contribution in [3.05, 3.63) is 24.3 Å². The molecule has 7 nitrogen and oxygen atoms in total. The number of ether oxygens (including phenoxy) is 1. The van der Waals surface area contributed by atoms with Crippen LogP contribution in [0.15, 0.2) is 24.3 Å². The van der Waals surface area contributed by atoms with Crippen molar-refractivity contribution in [2.75, 3.05) is 12.4 Å². The van der Waals surface area contributed by atoms with Gasteiger partial charge in [0, 0.05) is 5.56 Å². The minimum atomic E-state index is -0.906. The van der Waals surface area contributed by atoms with Crippen molar-refractivity contribution in [1.82, 2.24) is 10.2 Å². The maximum Gasteiger partial charge on any atom is 0.307 e. The predicted octanol–water partition coefficient (Wildman–Crippen LogP) is 3.04. The van der Waals surface area contributed by atoms with E-state index in [-0.39, 0.29) is 5.91 Å². The van der Waals surface area contributed by atoms with E-state index in [1.54, 1.807) is 7.11 Å². The Morgan fingerprint density at radius 2 is 1.84 bits per heavy atom. The summed E-state index contributed by atoms with van der Waals surface area (Å²) in [5, 5.41) is 21.2. The van der Waals surface area contributed by atoms with Crippen LogP contribution in [-0.4, -0.2) is 34.3 Å². The Balaban J connectivity index is 1.69. The number of anilines is 1. The summed E-state index contributed by atoms with van der Waals surface area (Å²) in [4.78, 5) is 23.8. The van der Waals surface area contributed by atoms with Crippen LogP contribution in [0.4, 0.5) is 5.13 Å². The minimum absolute atomic E-state index is 0.287. The van der Waals surface area contributed by atoms with Gasteiger partial charge in [0.2, 0.25) is 11.0 Å². The number of carboxylic acid groups (broad SMARTS) is 1. The first kappa shape index (κ1) is 17.3. The summed E-state index contributed by atoms with van der Waals surface area (Å²) >= 11 is 1.26. The second kappa shape index (κ2) is 7.60. The first-order chi connectivity index (χ1) is 12.1. The quantitative estimate of drug-likeness (QED) is 0.849. The number of aliphatic carboxylic acids is 1. The van der Waals surface area contributed by atoms with E-state index in [4.69, 9.17) is 4.74 Å². The SMILES string of the molecule is COc1ccc(-c2nnc(NC(=O)[C@H]3CCCC[C@H]3C(=O)O)s2)cc1. The summed E-state index contributed by atoms with van der Waals surface area (Å²) in [6.07, 6.45) is 2.85. The highest BCUT2D eigenvalue weighted by Gasteiger charge is 2.36. The number of nitrogens with one attached hydrogen (secondary N) is 1. The number of rotatable bonds is 5. The van der Waals surface area contributed by atoms with Gasteiger partial charge in [-0.2, -0.15) is 0 Å². The number of carbonyl (C=O) groups is 2. The molecule has 2 N–H and O–H groups in total. The van der Waals surface area contributed by atoms with E-state index in [2.05, 4.69) is 15.5 Å². The van der Waals surface area contributed by atoms with E-state index in [0.717, 1.165) is 24.2 Å². The van der Waals surface area contributed by atoms with Crippen LogP contribution < -0.4 is 10.1 Å². The Bertz CT molecular complexity index is 760. The molecule has 0 bridgehead atoms. The van der Waals surface area contributed by atoms with Gasteiger partial charge >= 0.3 is 5.97 Å². The molecule has 0 saturated heterocycles. The van der Waals surface area contributed by atoms with E-state index < -0.39 is 17.8 Å². The zero-order valence-electron chi connectivity index (χ0n) is 13.8. The third-order valence-electron chi connectivity index (χ3n) is 4.41. The largest absolute Gasteiger partial charge is 0.497 e. The fourth-order valence-corrected chi connectivity index (χ4v) is 3.81.